The Morgan fingerprint density at radius 1 is 0.758 bits per heavy atom. The van der Waals surface area contributed by atoms with Crippen LogP contribution in [0.5, 0.6) is 5.75 Å². The molecule has 1 aliphatic rings. The van der Waals surface area contributed by atoms with Crippen LogP contribution in [0.2, 0.25) is 0 Å². The average molecular weight is 467 g/mol. The van der Waals surface area contributed by atoms with Gasteiger partial charge in [0.15, 0.2) is 0 Å². The highest BCUT2D eigenvalue weighted by Gasteiger charge is 2.41. The predicted molar refractivity (Wildman–Crippen MR) is 105 cm³/mol. The van der Waals surface area contributed by atoms with Crippen molar-refractivity contribution in [2.24, 2.45) is 0 Å². The smallest absolute Gasteiger partial charge is 0.454 e. The van der Waals surface area contributed by atoms with Gasteiger partial charge < -0.3 is 9.64 Å². The summed E-state index contributed by atoms with van der Waals surface area (Å²) in [6.45, 7) is -0.655. The minimum Gasteiger partial charge on any atom is -0.488 e. The molecule has 4 rings (SSSR count). The lowest BCUT2D eigenvalue weighted by molar-refractivity contribution is -0.166. The first kappa shape index (κ1) is 22.4. The summed E-state index contributed by atoms with van der Waals surface area (Å²) in [5, 5.41) is 0. The maximum atomic E-state index is 13.9. The van der Waals surface area contributed by atoms with Crippen molar-refractivity contribution in [3.63, 3.8) is 0 Å². The lowest BCUT2D eigenvalue weighted by atomic mass is 10.0. The van der Waals surface area contributed by atoms with E-state index in [2.05, 4.69) is 0 Å². The van der Waals surface area contributed by atoms with E-state index in [0.717, 1.165) is 35.2 Å². The molecular formula is C23H12F7NO2. The number of carbonyl (C=O) groups excluding carboxylic acids is 1. The number of hydrogen-bond donors (Lipinski definition) is 0. The first-order valence-corrected chi connectivity index (χ1v) is 9.32. The molecule has 0 saturated heterocycles. The number of hydrogen-bond acceptors (Lipinski definition) is 3. The van der Waals surface area contributed by atoms with Crippen molar-refractivity contribution in [2.75, 3.05) is 11.5 Å². The highest BCUT2D eigenvalue weighted by Crippen LogP contribution is 2.40. The lowest BCUT2D eigenvalue weighted by Crippen LogP contribution is -2.28. The third kappa shape index (κ3) is 4.69. The molecule has 0 unspecified atom stereocenters. The van der Waals surface area contributed by atoms with Crippen molar-refractivity contribution < 1.29 is 40.3 Å². The van der Waals surface area contributed by atoms with Gasteiger partial charge in [0, 0.05) is 35.0 Å². The summed E-state index contributed by atoms with van der Waals surface area (Å²) in [6, 6.07) is 8.95. The Kier molecular flexibility index (Phi) is 5.61. The monoisotopic (exact) mass is 467 g/mol. The molecule has 0 N–H and O–H groups in total. The number of rotatable bonds is 4. The summed E-state index contributed by atoms with van der Waals surface area (Å²) in [6.07, 6.45) is -4.04. The Labute approximate surface area is 182 Å². The molecule has 0 aromatic heterocycles. The Morgan fingerprint density at radius 2 is 1.27 bits per heavy atom. The number of alkyl halides is 3. The Morgan fingerprint density at radius 3 is 1.76 bits per heavy atom. The number of ether oxygens (including phenoxy) is 1. The van der Waals surface area contributed by atoms with E-state index in [0.29, 0.717) is 12.1 Å². The van der Waals surface area contributed by atoms with E-state index in [1.807, 2.05) is 0 Å². The quantitative estimate of drug-likeness (QED) is 0.404. The Balaban J connectivity index is 1.82. The van der Waals surface area contributed by atoms with Gasteiger partial charge >= 0.3 is 6.18 Å². The molecule has 1 heterocycles. The number of ketones is 1. The molecule has 0 aliphatic carbocycles. The zero-order valence-electron chi connectivity index (χ0n) is 16.4. The molecular weight excluding hydrogens is 455 g/mol. The predicted octanol–water partition coefficient (Wildman–Crippen LogP) is 6.62. The van der Waals surface area contributed by atoms with Gasteiger partial charge in [-0.25, -0.2) is 17.6 Å². The summed E-state index contributed by atoms with van der Waals surface area (Å²) in [4.78, 5) is 12.6. The van der Waals surface area contributed by atoms with Gasteiger partial charge in [0.05, 0.1) is 11.4 Å². The van der Waals surface area contributed by atoms with Crippen LogP contribution in [-0.2, 0) is 4.79 Å². The number of nitrogens with zero attached hydrogens (tertiary/aromatic N) is 1. The highest BCUT2D eigenvalue weighted by atomic mass is 19.4. The first-order valence-electron chi connectivity index (χ1n) is 9.32. The van der Waals surface area contributed by atoms with Gasteiger partial charge in [-0.1, -0.05) is 0 Å². The van der Waals surface area contributed by atoms with E-state index >= 15 is 0 Å². The van der Waals surface area contributed by atoms with Gasteiger partial charge in [-0.3, -0.25) is 4.79 Å². The SMILES string of the molecule is O=C(C1=Cc2ccc(N(c3cc(F)cc(F)c3)c3cc(F)cc(F)c3)cc2OC1)C(F)(F)F. The van der Waals surface area contributed by atoms with Crippen molar-refractivity contribution in [1.29, 1.82) is 0 Å². The Hall–Kier alpha value is -3.82. The topological polar surface area (TPSA) is 29.5 Å². The summed E-state index contributed by atoms with van der Waals surface area (Å²) >= 11 is 0. The molecule has 3 nitrogen and oxygen atoms in total. The van der Waals surface area contributed by atoms with Crippen molar-refractivity contribution in [1.82, 2.24) is 0 Å². The molecule has 0 saturated carbocycles. The fourth-order valence-electron chi connectivity index (χ4n) is 3.39. The second-order valence-corrected chi connectivity index (χ2v) is 7.10. The maximum absolute atomic E-state index is 13.9. The summed E-state index contributed by atoms with van der Waals surface area (Å²) < 4.78 is 99.0. The van der Waals surface area contributed by atoms with Crippen LogP contribution in [0, 0.1) is 23.3 Å². The van der Waals surface area contributed by atoms with E-state index < -0.39 is 47.4 Å². The second kappa shape index (κ2) is 8.27. The third-order valence-corrected chi connectivity index (χ3v) is 4.73. The van der Waals surface area contributed by atoms with E-state index in [4.69, 9.17) is 4.74 Å². The van der Waals surface area contributed by atoms with Gasteiger partial charge in [0.25, 0.3) is 5.78 Å². The van der Waals surface area contributed by atoms with Crippen LogP contribution in [0.25, 0.3) is 6.08 Å². The average Bonchev–Trinajstić information content (AvgIpc) is 2.71. The van der Waals surface area contributed by atoms with Gasteiger partial charge in [0.1, 0.15) is 35.6 Å². The number of benzene rings is 3. The summed E-state index contributed by atoms with van der Waals surface area (Å²) in [7, 11) is 0. The van der Waals surface area contributed by atoms with E-state index in [-0.39, 0.29) is 28.4 Å². The fourth-order valence-corrected chi connectivity index (χ4v) is 3.39. The van der Waals surface area contributed by atoms with Crippen LogP contribution in [0.4, 0.5) is 47.8 Å². The van der Waals surface area contributed by atoms with Crippen LogP contribution in [0.1, 0.15) is 5.56 Å². The van der Waals surface area contributed by atoms with Crippen LogP contribution in [-0.4, -0.2) is 18.6 Å². The molecule has 0 bridgehead atoms. The number of Topliss-reactive ketones (excluding diaryl/α,β-unsaturated/α-hetero) is 1. The minimum absolute atomic E-state index is 0.0602. The number of fused-ring (bicyclic) bond motifs is 1. The van der Waals surface area contributed by atoms with Crippen LogP contribution in [0.15, 0.2) is 60.2 Å². The molecule has 0 fully saturated rings. The van der Waals surface area contributed by atoms with Crippen LogP contribution >= 0.6 is 0 Å². The number of halogens is 7. The zero-order valence-corrected chi connectivity index (χ0v) is 16.4. The molecule has 1 aliphatic heterocycles. The van der Waals surface area contributed by atoms with Gasteiger partial charge in [-0.05, 0) is 42.5 Å². The van der Waals surface area contributed by atoms with E-state index in [9.17, 15) is 35.5 Å². The summed E-state index contributed by atoms with van der Waals surface area (Å²) in [5.74, 6) is -5.76. The van der Waals surface area contributed by atoms with E-state index in [1.165, 1.54) is 18.2 Å². The molecule has 0 amide bonds. The minimum atomic E-state index is -5.06. The molecule has 0 spiro atoms. The molecule has 0 atom stereocenters. The van der Waals surface area contributed by atoms with Crippen molar-refractivity contribution in [3.05, 3.63) is 89.0 Å². The third-order valence-electron chi connectivity index (χ3n) is 4.73. The molecule has 10 heteroatoms. The van der Waals surface area contributed by atoms with Crippen molar-refractivity contribution in [3.8, 4) is 5.75 Å². The molecule has 3 aromatic carbocycles. The van der Waals surface area contributed by atoms with Crippen LogP contribution < -0.4 is 9.64 Å². The fraction of sp³-hybridized carbons (Fsp3) is 0.0870. The zero-order chi connectivity index (χ0) is 23.9. The molecule has 0 radical (unpaired) electrons. The van der Waals surface area contributed by atoms with Gasteiger partial charge in [-0.15, -0.1) is 0 Å². The molecule has 3 aromatic rings. The number of anilines is 3. The van der Waals surface area contributed by atoms with E-state index in [1.54, 1.807) is 0 Å². The number of carbonyl (C=O) groups is 1. The molecule has 33 heavy (non-hydrogen) atoms. The normalized spacial score (nSPS) is 13.1. The van der Waals surface area contributed by atoms with Crippen LogP contribution in [0.3, 0.4) is 0 Å². The highest BCUT2D eigenvalue weighted by molar-refractivity contribution is 6.04. The summed E-state index contributed by atoms with van der Waals surface area (Å²) in [5.41, 5.74) is -0.538. The van der Waals surface area contributed by atoms with Gasteiger partial charge in [-0.2, -0.15) is 13.2 Å². The van der Waals surface area contributed by atoms with Gasteiger partial charge in [0.2, 0.25) is 0 Å². The second-order valence-electron chi connectivity index (χ2n) is 7.10. The largest absolute Gasteiger partial charge is 0.488 e. The standard InChI is InChI=1S/C23H12F7NO2/c24-14-4-15(25)7-19(6-14)31(20-8-16(26)5-17(27)9-20)18-2-1-12-3-13(11-33-21(12)10-18)22(32)23(28,29)30/h1-10H,11H2. The molecule has 170 valence electrons. The van der Waals surface area contributed by atoms with Crippen molar-refractivity contribution in [2.45, 2.75) is 6.18 Å². The first-order chi connectivity index (χ1) is 15.5. The maximum Gasteiger partial charge on any atom is 0.454 e. The lowest BCUT2D eigenvalue weighted by Gasteiger charge is -2.27. The Bertz CT molecular complexity index is 1190. The van der Waals surface area contributed by atoms with Crippen molar-refractivity contribution >= 4 is 28.9 Å².